The Morgan fingerprint density at radius 3 is 3.00 bits per heavy atom. The van der Waals surface area contributed by atoms with E-state index in [-0.39, 0.29) is 0 Å². The highest BCUT2D eigenvalue weighted by Gasteiger charge is 2.13. The predicted octanol–water partition coefficient (Wildman–Crippen LogP) is 3.05. The minimum atomic E-state index is 0.892. The van der Waals surface area contributed by atoms with Crippen LogP contribution in [0.25, 0.3) is 10.2 Å². The summed E-state index contributed by atoms with van der Waals surface area (Å²) in [6.07, 6.45) is 4.56. The van der Waals surface area contributed by atoms with Crippen LogP contribution in [0.5, 0.6) is 0 Å². The Labute approximate surface area is 107 Å². The number of fused-ring (bicyclic) bond motifs is 1. The molecule has 3 nitrogen and oxygen atoms in total. The Bertz CT molecular complexity index is 505. The Kier molecular flexibility index (Phi) is 2.91. The zero-order valence-corrected chi connectivity index (χ0v) is 11.2. The van der Waals surface area contributed by atoms with Crippen LogP contribution >= 0.6 is 27.3 Å². The summed E-state index contributed by atoms with van der Waals surface area (Å²) in [5, 5.41) is 0. The fourth-order valence-electron chi connectivity index (χ4n) is 2.06. The van der Waals surface area contributed by atoms with E-state index in [1.165, 1.54) is 25.9 Å². The molecule has 5 heteroatoms. The van der Waals surface area contributed by atoms with Gasteiger partial charge in [0.25, 0.3) is 0 Å². The maximum atomic E-state index is 4.59. The maximum Gasteiger partial charge on any atom is 0.143 e. The molecule has 0 saturated carbocycles. The number of hydrogen-bond acceptors (Lipinski definition) is 4. The number of likely N-dealkylation sites (tertiary alicyclic amines) is 1. The molecular weight excluding hydrogens is 286 g/mol. The largest absolute Gasteiger partial charge is 0.296 e. The third-order valence-electron chi connectivity index (χ3n) is 2.85. The van der Waals surface area contributed by atoms with Gasteiger partial charge in [0.15, 0.2) is 0 Å². The van der Waals surface area contributed by atoms with Crippen LogP contribution in [0, 0.1) is 0 Å². The van der Waals surface area contributed by atoms with Crippen molar-refractivity contribution in [3.63, 3.8) is 0 Å². The van der Waals surface area contributed by atoms with E-state index in [1.54, 1.807) is 11.3 Å². The van der Waals surface area contributed by atoms with Crippen LogP contribution in [-0.2, 0) is 6.54 Å². The summed E-state index contributed by atoms with van der Waals surface area (Å²) in [5.74, 6) is 0.944. The lowest BCUT2D eigenvalue weighted by Crippen LogP contribution is -2.19. The standard InChI is InChI=1S/C11H12BrN3S/c12-10-5-8-9(16-10)6-13-11(14-8)7-15-3-1-2-4-15/h5-6H,1-4,7H2. The summed E-state index contributed by atoms with van der Waals surface area (Å²) in [5.41, 5.74) is 1.06. The average Bonchev–Trinajstić information content (AvgIpc) is 2.85. The minimum absolute atomic E-state index is 0.892. The third-order valence-corrected chi connectivity index (χ3v) is 4.42. The molecule has 3 heterocycles. The lowest BCUT2D eigenvalue weighted by molar-refractivity contribution is 0.323. The molecule has 0 N–H and O–H groups in total. The van der Waals surface area contributed by atoms with Crippen molar-refractivity contribution in [3.8, 4) is 0 Å². The highest BCUT2D eigenvalue weighted by atomic mass is 79.9. The molecule has 84 valence electrons. The van der Waals surface area contributed by atoms with Crippen molar-refractivity contribution >= 4 is 37.5 Å². The Morgan fingerprint density at radius 1 is 1.38 bits per heavy atom. The van der Waals surface area contributed by atoms with Crippen LogP contribution in [0.2, 0.25) is 0 Å². The van der Waals surface area contributed by atoms with Gasteiger partial charge >= 0.3 is 0 Å². The topological polar surface area (TPSA) is 29.0 Å². The lowest BCUT2D eigenvalue weighted by Gasteiger charge is -2.12. The zero-order chi connectivity index (χ0) is 11.0. The number of halogens is 1. The van der Waals surface area contributed by atoms with Crippen molar-refractivity contribution in [3.05, 3.63) is 21.9 Å². The zero-order valence-electron chi connectivity index (χ0n) is 8.82. The van der Waals surface area contributed by atoms with Crippen LogP contribution in [0.3, 0.4) is 0 Å². The summed E-state index contributed by atoms with van der Waals surface area (Å²) in [6.45, 7) is 3.27. The minimum Gasteiger partial charge on any atom is -0.296 e. The van der Waals surface area contributed by atoms with Crippen molar-refractivity contribution < 1.29 is 0 Å². The first-order valence-electron chi connectivity index (χ1n) is 5.44. The number of hydrogen-bond donors (Lipinski definition) is 0. The molecule has 0 aliphatic carbocycles. The first-order valence-corrected chi connectivity index (χ1v) is 7.05. The molecule has 1 aliphatic rings. The summed E-state index contributed by atoms with van der Waals surface area (Å²) in [4.78, 5) is 11.4. The van der Waals surface area contributed by atoms with Gasteiger partial charge in [0.05, 0.1) is 20.5 Å². The Morgan fingerprint density at radius 2 is 2.19 bits per heavy atom. The number of nitrogens with zero attached hydrogens (tertiary/aromatic N) is 3. The predicted molar refractivity (Wildman–Crippen MR) is 69.6 cm³/mol. The molecule has 0 unspecified atom stereocenters. The molecule has 1 aliphatic heterocycles. The smallest absolute Gasteiger partial charge is 0.143 e. The molecule has 0 atom stereocenters. The third kappa shape index (κ3) is 2.12. The van der Waals surface area contributed by atoms with Crippen molar-refractivity contribution in [1.29, 1.82) is 0 Å². The number of aromatic nitrogens is 2. The van der Waals surface area contributed by atoms with Crippen LogP contribution < -0.4 is 0 Å². The van der Waals surface area contributed by atoms with Crippen molar-refractivity contribution in [2.45, 2.75) is 19.4 Å². The monoisotopic (exact) mass is 297 g/mol. The Hall–Kier alpha value is -0.520. The molecule has 0 amide bonds. The number of thiophene rings is 1. The van der Waals surface area contributed by atoms with E-state index in [1.807, 2.05) is 6.20 Å². The van der Waals surface area contributed by atoms with E-state index in [0.29, 0.717) is 0 Å². The molecule has 1 fully saturated rings. The van der Waals surface area contributed by atoms with Gasteiger partial charge in [-0.2, -0.15) is 0 Å². The van der Waals surface area contributed by atoms with Gasteiger partial charge in [0.2, 0.25) is 0 Å². The second kappa shape index (κ2) is 4.39. The highest BCUT2D eigenvalue weighted by molar-refractivity contribution is 9.11. The van der Waals surface area contributed by atoms with Gasteiger partial charge in [-0.15, -0.1) is 11.3 Å². The van der Waals surface area contributed by atoms with Crippen molar-refractivity contribution in [2.24, 2.45) is 0 Å². The van der Waals surface area contributed by atoms with Crippen molar-refractivity contribution in [2.75, 3.05) is 13.1 Å². The maximum absolute atomic E-state index is 4.59. The summed E-state index contributed by atoms with van der Waals surface area (Å²) in [7, 11) is 0. The molecule has 2 aromatic heterocycles. The fraction of sp³-hybridized carbons (Fsp3) is 0.455. The van der Waals surface area contributed by atoms with E-state index in [4.69, 9.17) is 0 Å². The van der Waals surface area contributed by atoms with Gasteiger partial charge in [-0.1, -0.05) is 0 Å². The van der Waals surface area contributed by atoms with E-state index in [0.717, 1.165) is 26.4 Å². The molecule has 0 radical (unpaired) electrons. The Balaban J connectivity index is 1.86. The van der Waals surface area contributed by atoms with E-state index in [9.17, 15) is 0 Å². The lowest BCUT2D eigenvalue weighted by atomic mass is 10.4. The van der Waals surface area contributed by atoms with Crippen molar-refractivity contribution in [1.82, 2.24) is 14.9 Å². The first kappa shape index (κ1) is 10.6. The normalized spacial score (nSPS) is 17.3. The SMILES string of the molecule is Brc1cc2nc(CN3CCCC3)ncc2s1. The van der Waals surface area contributed by atoms with E-state index >= 15 is 0 Å². The van der Waals surface area contributed by atoms with Gasteiger partial charge in [-0.25, -0.2) is 9.97 Å². The quantitative estimate of drug-likeness (QED) is 0.853. The van der Waals surface area contributed by atoms with Crippen LogP contribution in [0.15, 0.2) is 16.0 Å². The van der Waals surface area contributed by atoms with Gasteiger partial charge in [0.1, 0.15) is 5.82 Å². The van der Waals surface area contributed by atoms with Gasteiger partial charge < -0.3 is 0 Å². The second-order valence-corrected chi connectivity index (χ2v) is 6.53. The summed E-state index contributed by atoms with van der Waals surface area (Å²) in [6, 6.07) is 2.06. The molecule has 16 heavy (non-hydrogen) atoms. The summed E-state index contributed by atoms with van der Waals surface area (Å²) < 4.78 is 2.27. The van der Waals surface area contributed by atoms with E-state index < -0.39 is 0 Å². The number of rotatable bonds is 2. The molecule has 3 rings (SSSR count). The average molecular weight is 298 g/mol. The molecule has 0 aromatic carbocycles. The fourth-order valence-corrected chi connectivity index (χ4v) is 3.50. The molecule has 0 bridgehead atoms. The second-order valence-electron chi connectivity index (χ2n) is 4.07. The van der Waals surface area contributed by atoms with Gasteiger partial charge in [-0.05, 0) is 47.9 Å². The highest BCUT2D eigenvalue weighted by Crippen LogP contribution is 2.27. The first-order chi connectivity index (χ1) is 7.81. The van der Waals surface area contributed by atoms with Gasteiger partial charge in [-0.3, -0.25) is 4.90 Å². The molecular formula is C11H12BrN3S. The molecule has 1 saturated heterocycles. The van der Waals surface area contributed by atoms with E-state index in [2.05, 4.69) is 36.9 Å². The summed E-state index contributed by atoms with van der Waals surface area (Å²) >= 11 is 5.16. The van der Waals surface area contributed by atoms with Gasteiger partial charge in [0, 0.05) is 6.20 Å². The van der Waals surface area contributed by atoms with Crippen LogP contribution in [0.1, 0.15) is 18.7 Å². The van der Waals surface area contributed by atoms with Crippen LogP contribution in [0.4, 0.5) is 0 Å². The molecule has 2 aromatic rings. The van der Waals surface area contributed by atoms with Crippen LogP contribution in [-0.4, -0.2) is 28.0 Å². The molecule has 0 spiro atoms.